The topological polar surface area (TPSA) is 118 Å². The van der Waals surface area contributed by atoms with Crippen LogP contribution in [0.3, 0.4) is 0 Å². The van der Waals surface area contributed by atoms with Crippen LogP contribution in [0.1, 0.15) is 49.7 Å². The van der Waals surface area contributed by atoms with Crippen molar-refractivity contribution in [3.8, 4) is 23.0 Å². The zero-order valence-corrected chi connectivity index (χ0v) is 27.1. The summed E-state index contributed by atoms with van der Waals surface area (Å²) in [6.07, 6.45) is 6.34. The van der Waals surface area contributed by atoms with Gasteiger partial charge in [0.15, 0.2) is 34.6 Å². The van der Waals surface area contributed by atoms with Gasteiger partial charge in [-0.1, -0.05) is 36.4 Å². The molecule has 2 aliphatic carbocycles. The first-order valence-corrected chi connectivity index (χ1v) is 17.4. The van der Waals surface area contributed by atoms with Crippen molar-refractivity contribution >= 4 is 32.6 Å². The minimum Gasteiger partial charge on any atom is -0.493 e. The van der Waals surface area contributed by atoms with Crippen molar-refractivity contribution in [3.05, 3.63) is 89.9 Å². The Hall–Kier alpha value is -4.35. The average molecular weight is 662 g/mol. The van der Waals surface area contributed by atoms with Crippen LogP contribution in [0, 0.1) is 11.2 Å². The van der Waals surface area contributed by atoms with Crippen molar-refractivity contribution in [2.75, 3.05) is 20.0 Å². The smallest absolute Gasteiger partial charge is 0.264 e. The Bertz CT molecular complexity index is 1920. The van der Waals surface area contributed by atoms with Gasteiger partial charge in [0.1, 0.15) is 5.75 Å². The van der Waals surface area contributed by atoms with E-state index in [0.717, 1.165) is 11.8 Å². The quantitative estimate of drug-likeness (QED) is 0.0749. The number of carbonyl (C=O) groups is 2. The van der Waals surface area contributed by atoms with Crippen LogP contribution in [0.25, 0.3) is 10.9 Å². The largest absolute Gasteiger partial charge is 0.493 e. The number of hydrogen-bond acceptors (Lipinski definition) is 9. The summed E-state index contributed by atoms with van der Waals surface area (Å²) < 4.78 is 61.1. The molecule has 3 aromatic carbocycles. The molecule has 0 atom stereocenters. The molecule has 6 rings (SSSR count). The molecule has 2 fully saturated rings. The SMILES string of the molecule is COc1cc2c(Oc3ccc(CC(=O)C4(C(=O)Cc5ccccc5)CC4)cc3F)ccnc2cc1OCCCC1(OS(C)(=O)=O)CC1. The lowest BCUT2D eigenvalue weighted by molar-refractivity contribution is -0.133. The Morgan fingerprint density at radius 1 is 0.851 bits per heavy atom. The lowest BCUT2D eigenvalue weighted by Crippen LogP contribution is -2.28. The van der Waals surface area contributed by atoms with Crippen molar-refractivity contribution in [2.24, 2.45) is 5.41 Å². The molecule has 0 radical (unpaired) electrons. The summed E-state index contributed by atoms with van der Waals surface area (Å²) in [5, 5.41) is 0.571. The third kappa shape index (κ3) is 7.63. The average Bonchev–Trinajstić information content (AvgIpc) is 3.97. The summed E-state index contributed by atoms with van der Waals surface area (Å²) in [7, 11) is -2.02. The second kappa shape index (κ2) is 13.0. The first-order chi connectivity index (χ1) is 22.5. The van der Waals surface area contributed by atoms with Crippen LogP contribution in [0.4, 0.5) is 4.39 Å². The summed E-state index contributed by atoms with van der Waals surface area (Å²) in [5.41, 5.74) is 0.273. The summed E-state index contributed by atoms with van der Waals surface area (Å²) in [6, 6.07) is 18.8. The molecule has 0 unspecified atom stereocenters. The molecule has 2 saturated carbocycles. The zero-order valence-electron chi connectivity index (χ0n) is 26.3. The van der Waals surface area contributed by atoms with E-state index in [1.165, 1.54) is 19.2 Å². The number of fused-ring (bicyclic) bond motifs is 1. The zero-order chi connectivity index (χ0) is 33.2. The van der Waals surface area contributed by atoms with Crippen molar-refractivity contribution < 1.29 is 40.8 Å². The van der Waals surface area contributed by atoms with Gasteiger partial charge in [0.25, 0.3) is 10.1 Å². The highest BCUT2D eigenvalue weighted by Crippen LogP contribution is 2.49. The van der Waals surface area contributed by atoms with Crippen LogP contribution in [-0.2, 0) is 36.7 Å². The van der Waals surface area contributed by atoms with E-state index in [-0.39, 0.29) is 30.2 Å². The Morgan fingerprint density at radius 3 is 2.21 bits per heavy atom. The van der Waals surface area contributed by atoms with Crippen LogP contribution < -0.4 is 14.2 Å². The van der Waals surface area contributed by atoms with Crippen molar-refractivity contribution in [1.29, 1.82) is 0 Å². The lowest BCUT2D eigenvalue weighted by atomic mass is 9.88. The number of carbonyl (C=O) groups excluding carboxylic acids is 2. The first-order valence-electron chi connectivity index (χ1n) is 15.6. The molecule has 11 heteroatoms. The monoisotopic (exact) mass is 661 g/mol. The molecule has 1 heterocycles. The second-order valence-corrected chi connectivity index (χ2v) is 14.0. The number of aromatic nitrogens is 1. The van der Waals surface area contributed by atoms with Crippen LogP contribution >= 0.6 is 0 Å². The molecule has 9 nitrogen and oxygen atoms in total. The predicted octanol–water partition coefficient (Wildman–Crippen LogP) is 6.55. The normalized spacial score (nSPS) is 16.0. The van der Waals surface area contributed by atoms with Crippen molar-refractivity contribution in [2.45, 2.75) is 57.0 Å². The number of pyridine rings is 1. The first kappa shape index (κ1) is 32.6. The van der Waals surface area contributed by atoms with Gasteiger partial charge < -0.3 is 14.2 Å². The van der Waals surface area contributed by atoms with Gasteiger partial charge in [0.05, 0.1) is 36.5 Å². The number of benzene rings is 3. The minimum atomic E-state index is -3.52. The Labute approximate surface area is 273 Å². The molecule has 0 N–H and O–H groups in total. The number of rotatable bonds is 16. The van der Waals surface area contributed by atoms with Gasteiger partial charge in [-0.15, -0.1) is 0 Å². The van der Waals surface area contributed by atoms with Crippen LogP contribution in [-0.4, -0.2) is 50.5 Å². The molecule has 0 spiro atoms. The fraction of sp³-hybridized carbons (Fsp3) is 0.361. The number of ether oxygens (including phenoxy) is 3. The molecular formula is C36H36FNO8S. The third-order valence-electron chi connectivity index (χ3n) is 8.76. The van der Waals surface area contributed by atoms with Gasteiger partial charge in [0.2, 0.25) is 0 Å². The van der Waals surface area contributed by atoms with Crippen LogP contribution in [0.5, 0.6) is 23.0 Å². The van der Waals surface area contributed by atoms with Gasteiger partial charge in [-0.2, -0.15) is 8.42 Å². The van der Waals surface area contributed by atoms with Gasteiger partial charge in [0, 0.05) is 30.5 Å². The number of Topliss-reactive ketones (excluding diaryl/α,β-unsaturated/α-hetero) is 2. The summed E-state index contributed by atoms with van der Waals surface area (Å²) in [6.45, 7) is 0.315. The summed E-state index contributed by atoms with van der Waals surface area (Å²) in [5.74, 6) is 0.281. The highest BCUT2D eigenvalue weighted by molar-refractivity contribution is 7.86. The molecule has 0 amide bonds. The van der Waals surface area contributed by atoms with E-state index in [2.05, 4.69) is 4.98 Å². The lowest BCUT2D eigenvalue weighted by Gasteiger charge is -2.16. The van der Waals surface area contributed by atoms with Crippen molar-refractivity contribution in [1.82, 2.24) is 4.98 Å². The molecule has 0 saturated heterocycles. The Kier molecular flexibility index (Phi) is 9.04. The molecule has 4 aromatic rings. The van der Waals surface area contributed by atoms with E-state index in [0.29, 0.717) is 78.8 Å². The molecule has 47 heavy (non-hydrogen) atoms. The molecular weight excluding hydrogens is 625 g/mol. The standard InChI is InChI=1S/C36H36FNO8S/c1-43-31-22-26-28(23-32(31)44-18-6-12-35(13-14-35)46-47(2,41)42)38-17-11-29(26)45-30-10-9-25(19-27(30)37)21-34(40)36(15-16-36)33(39)20-24-7-4-3-5-8-24/h3-5,7-11,17,19,22-23H,6,12-16,18,20-21H2,1-2H3. The van der Waals surface area contributed by atoms with E-state index in [1.807, 2.05) is 30.3 Å². The fourth-order valence-electron chi connectivity index (χ4n) is 5.90. The number of hydrogen-bond donors (Lipinski definition) is 0. The predicted molar refractivity (Wildman–Crippen MR) is 173 cm³/mol. The number of methoxy groups -OCH3 is 1. The van der Waals surface area contributed by atoms with E-state index in [1.54, 1.807) is 30.5 Å². The van der Waals surface area contributed by atoms with Crippen LogP contribution in [0.15, 0.2) is 72.9 Å². The van der Waals surface area contributed by atoms with E-state index >= 15 is 4.39 Å². The maximum Gasteiger partial charge on any atom is 0.264 e. The second-order valence-electron chi connectivity index (χ2n) is 12.4. The van der Waals surface area contributed by atoms with E-state index in [4.69, 9.17) is 18.4 Å². The van der Waals surface area contributed by atoms with Gasteiger partial charge in [-0.25, -0.2) is 4.39 Å². The molecule has 2 aliphatic rings. The van der Waals surface area contributed by atoms with E-state index in [9.17, 15) is 18.0 Å². The molecule has 1 aromatic heterocycles. The molecule has 0 bridgehead atoms. The summed E-state index contributed by atoms with van der Waals surface area (Å²) >= 11 is 0. The van der Waals surface area contributed by atoms with Gasteiger partial charge >= 0.3 is 0 Å². The van der Waals surface area contributed by atoms with Crippen LogP contribution in [0.2, 0.25) is 0 Å². The third-order valence-corrected chi connectivity index (χ3v) is 9.42. The number of nitrogens with zero attached hydrogens (tertiary/aromatic N) is 1. The maximum atomic E-state index is 15.3. The highest BCUT2D eigenvalue weighted by Gasteiger charge is 2.54. The highest BCUT2D eigenvalue weighted by atomic mass is 32.2. The minimum absolute atomic E-state index is 0.0281. The Balaban J connectivity index is 1.10. The fourth-order valence-corrected chi connectivity index (χ4v) is 6.79. The number of ketones is 2. The van der Waals surface area contributed by atoms with E-state index < -0.39 is 27.0 Å². The Morgan fingerprint density at radius 2 is 1.57 bits per heavy atom. The van der Waals surface area contributed by atoms with Crippen molar-refractivity contribution in [3.63, 3.8) is 0 Å². The van der Waals surface area contributed by atoms with Gasteiger partial charge in [-0.05, 0) is 73.9 Å². The number of halogens is 1. The molecule has 0 aliphatic heterocycles. The van der Waals surface area contributed by atoms with Gasteiger partial charge in [-0.3, -0.25) is 18.8 Å². The summed E-state index contributed by atoms with van der Waals surface area (Å²) in [4.78, 5) is 30.6. The molecule has 246 valence electrons. The maximum absolute atomic E-state index is 15.3.